The van der Waals surface area contributed by atoms with Crippen LogP contribution in [0.5, 0.6) is 0 Å². The normalized spacial score (nSPS) is 11.5. The van der Waals surface area contributed by atoms with Gasteiger partial charge in [0.25, 0.3) is 0 Å². The number of carbonyl (C=O) groups excluding carboxylic acids is 1. The van der Waals surface area contributed by atoms with Crippen molar-refractivity contribution in [3.05, 3.63) is 82.3 Å². The van der Waals surface area contributed by atoms with E-state index in [4.69, 9.17) is 35.4 Å². The van der Waals surface area contributed by atoms with Crippen molar-refractivity contribution in [3.63, 3.8) is 0 Å². The highest BCUT2D eigenvalue weighted by Crippen LogP contribution is 2.32. The number of carbonyl (C=O) groups is 1. The minimum atomic E-state index is -0.294. The third-order valence-electron chi connectivity index (χ3n) is 4.55. The number of nitrogens with one attached hydrogen (secondary N) is 3. The molecule has 0 aliphatic carbocycles. The van der Waals surface area contributed by atoms with Crippen molar-refractivity contribution in [1.29, 1.82) is 0 Å². The van der Waals surface area contributed by atoms with E-state index >= 15 is 0 Å². The summed E-state index contributed by atoms with van der Waals surface area (Å²) in [7, 11) is 0. The van der Waals surface area contributed by atoms with E-state index in [1.165, 1.54) is 17.3 Å². The maximum atomic E-state index is 12.8. The van der Waals surface area contributed by atoms with Crippen LogP contribution in [-0.2, 0) is 4.79 Å². The highest BCUT2D eigenvalue weighted by atomic mass is 35.5. The number of halogens is 2. The van der Waals surface area contributed by atoms with Crippen molar-refractivity contribution in [2.75, 3.05) is 16.0 Å². The average Bonchev–Trinajstić information content (AvgIpc) is 2.77. The maximum Gasteiger partial charge on any atom is 0.237 e. The lowest BCUT2D eigenvalue weighted by molar-refractivity contribution is -0.115. The van der Waals surface area contributed by atoms with Gasteiger partial charge in [0.15, 0.2) is 5.11 Å². The molecule has 3 aromatic carbocycles. The number of benzene rings is 3. The summed E-state index contributed by atoms with van der Waals surface area (Å²) in [4.78, 5) is 13.8. The molecule has 0 bridgehead atoms. The second-order valence-corrected chi connectivity index (χ2v) is 9.55. The number of hydrogen-bond donors (Lipinski definition) is 3. The molecule has 0 saturated heterocycles. The fourth-order valence-electron chi connectivity index (χ4n) is 2.88. The summed E-state index contributed by atoms with van der Waals surface area (Å²) in [5, 5.41) is 10.2. The average molecular weight is 505 g/mol. The van der Waals surface area contributed by atoms with E-state index in [0.717, 1.165) is 16.3 Å². The Morgan fingerprint density at radius 3 is 2.38 bits per heavy atom. The van der Waals surface area contributed by atoms with Crippen molar-refractivity contribution in [3.8, 4) is 0 Å². The third kappa shape index (κ3) is 6.87. The summed E-state index contributed by atoms with van der Waals surface area (Å²) in [6.45, 7) is 4.01. The van der Waals surface area contributed by atoms with Crippen LogP contribution < -0.4 is 16.0 Å². The summed E-state index contributed by atoms with van der Waals surface area (Å²) in [5.41, 5.74) is 3.45. The fraction of sp³-hybridized carbons (Fsp3) is 0.167. The monoisotopic (exact) mass is 503 g/mol. The Labute approximate surface area is 208 Å². The zero-order valence-electron chi connectivity index (χ0n) is 17.6. The first-order chi connectivity index (χ1) is 15.4. The van der Waals surface area contributed by atoms with Gasteiger partial charge in [-0.05, 0) is 68.0 Å². The molecular weight excluding hydrogens is 481 g/mol. The van der Waals surface area contributed by atoms with Crippen LogP contribution in [-0.4, -0.2) is 16.3 Å². The van der Waals surface area contributed by atoms with Crippen molar-refractivity contribution in [2.24, 2.45) is 0 Å². The quantitative estimate of drug-likeness (QED) is 0.228. The van der Waals surface area contributed by atoms with E-state index in [-0.39, 0.29) is 11.2 Å². The molecule has 0 aliphatic rings. The Morgan fingerprint density at radius 1 is 0.969 bits per heavy atom. The molecule has 0 aromatic heterocycles. The molecule has 1 atom stereocenters. The van der Waals surface area contributed by atoms with Crippen LogP contribution in [0.25, 0.3) is 0 Å². The Bertz CT molecular complexity index is 1110. The fourth-order valence-corrected chi connectivity index (χ4v) is 4.47. The van der Waals surface area contributed by atoms with Gasteiger partial charge in [0.2, 0.25) is 5.91 Å². The van der Waals surface area contributed by atoms with Gasteiger partial charge in [0.05, 0.1) is 21.0 Å². The summed E-state index contributed by atoms with van der Waals surface area (Å²) in [6, 6.07) is 21.0. The van der Waals surface area contributed by atoms with Crippen LogP contribution >= 0.6 is 47.2 Å². The smallest absolute Gasteiger partial charge is 0.237 e. The number of thioether (sulfide) groups is 1. The van der Waals surface area contributed by atoms with Crippen molar-refractivity contribution in [1.82, 2.24) is 0 Å². The van der Waals surface area contributed by atoms with Crippen molar-refractivity contribution >= 4 is 75.3 Å². The molecule has 4 nitrogen and oxygen atoms in total. The molecule has 0 saturated carbocycles. The summed E-state index contributed by atoms with van der Waals surface area (Å²) >= 11 is 19.2. The molecule has 0 aliphatic heterocycles. The number of amides is 1. The summed E-state index contributed by atoms with van der Waals surface area (Å²) in [6.07, 6.45) is 0.653. The molecule has 3 rings (SSSR count). The number of thiocarbonyl (C=S) groups is 1. The van der Waals surface area contributed by atoms with Crippen LogP contribution in [0.3, 0.4) is 0 Å². The molecule has 1 amide bonds. The first-order valence-corrected chi connectivity index (χ1v) is 12.1. The van der Waals surface area contributed by atoms with Crippen LogP contribution in [0.4, 0.5) is 17.1 Å². The van der Waals surface area contributed by atoms with Crippen molar-refractivity contribution < 1.29 is 4.79 Å². The molecule has 166 valence electrons. The van der Waals surface area contributed by atoms with Gasteiger partial charge in [-0.25, -0.2) is 0 Å². The highest BCUT2D eigenvalue weighted by molar-refractivity contribution is 8.00. The molecule has 0 heterocycles. The maximum absolute atomic E-state index is 12.8. The second-order valence-electron chi connectivity index (χ2n) is 7.08. The Hall–Kier alpha value is -2.25. The number of rotatable bonds is 7. The number of anilines is 3. The van der Waals surface area contributed by atoms with Gasteiger partial charge < -0.3 is 16.0 Å². The Morgan fingerprint density at radius 2 is 1.66 bits per heavy atom. The van der Waals surface area contributed by atoms with Gasteiger partial charge in [-0.15, -0.1) is 11.8 Å². The third-order valence-corrected chi connectivity index (χ3v) is 6.93. The van der Waals surface area contributed by atoms with Gasteiger partial charge >= 0.3 is 0 Å². The lowest BCUT2D eigenvalue weighted by Crippen LogP contribution is -2.24. The van der Waals surface area contributed by atoms with Crippen molar-refractivity contribution in [2.45, 2.75) is 30.4 Å². The van der Waals surface area contributed by atoms with E-state index in [9.17, 15) is 4.79 Å². The summed E-state index contributed by atoms with van der Waals surface area (Å²) < 4.78 is 0. The molecule has 32 heavy (non-hydrogen) atoms. The van der Waals surface area contributed by atoms with E-state index in [1.54, 1.807) is 18.2 Å². The lowest BCUT2D eigenvalue weighted by Gasteiger charge is -2.17. The van der Waals surface area contributed by atoms with Crippen LogP contribution in [0.1, 0.15) is 18.9 Å². The van der Waals surface area contributed by atoms with Crippen LogP contribution in [0.15, 0.2) is 71.6 Å². The molecule has 0 fully saturated rings. The van der Waals surface area contributed by atoms with Crippen LogP contribution in [0, 0.1) is 6.92 Å². The second kappa shape index (κ2) is 11.6. The lowest BCUT2D eigenvalue weighted by atomic mass is 10.2. The molecule has 3 N–H and O–H groups in total. The highest BCUT2D eigenvalue weighted by Gasteiger charge is 2.19. The summed E-state index contributed by atoms with van der Waals surface area (Å²) in [5.74, 6) is -0.128. The zero-order chi connectivity index (χ0) is 23.1. The molecule has 3 aromatic rings. The van der Waals surface area contributed by atoms with Gasteiger partial charge in [-0.2, -0.15) is 0 Å². The number of aryl methyl sites for hydroxylation is 1. The minimum absolute atomic E-state index is 0.128. The largest absolute Gasteiger partial charge is 0.332 e. The van der Waals surface area contributed by atoms with Gasteiger partial charge in [0, 0.05) is 16.3 Å². The molecule has 0 radical (unpaired) electrons. The van der Waals surface area contributed by atoms with E-state index in [1.807, 2.05) is 62.4 Å². The Kier molecular flexibility index (Phi) is 8.82. The van der Waals surface area contributed by atoms with Gasteiger partial charge in [0.1, 0.15) is 0 Å². The SMILES string of the molecule is CCC(Sc1cccc(NC(=S)Nc2ccc(C)cc2)c1)C(=O)Nc1cccc(Cl)c1Cl. The van der Waals surface area contributed by atoms with E-state index < -0.39 is 0 Å². The molecular formula is C24H23Cl2N3OS2. The molecule has 1 unspecified atom stereocenters. The molecule has 8 heteroatoms. The standard InChI is InChI=1S/C24H23Cl2N3OS2/c1-3-21(23(30)29-20-9-5-8-19(25)22(20)26)32-18-7-4-6-17(14-18)28-24(31)27-16-12-10-15(2)11-13-16/h4-14,21H,3H2,1-2H3,(H,29,30)(H2,27,28,31). The predicted octanol–water partition coefficient (Wildman–Crippen LogP) is 7.62. The zero-order valence-corrected chi connectivity index (χ0v) is 20.8. The van der Waals surface area contributed by atoms with Gasteiger partial charge in [-0.1, -0.05) is 60.0 Å². The Balaban J connectivity index is 1.63. The minimum Gasteiger partial charge on any atom is -0.332 e. The van der Waals surface area contributed by atoms with E-state index in [0.29, 0.717) is 27.3 Å². The first kappa shape index (κ1) is 24.4. The molecule has 0 spiro atoms. The number of hydrogen-bond acceptors (Lipinski definition) is 3. The predicted molar refractivity (Wildman–Crippen MR) is 142 cm³/mol. The van der Waals surface area contributed by atoms with Crippen LogP contribution in [0.2, 0.25) is 10.0 Å². The topological polar surface area (TPSA) is 53.2 Å². The first-order valence-electron chi connectivity index (χ1n) is 10.0. The van der Waals surface area contributed by atoms with Gasteiger partial charge in [-0.3, -0.25) is 4.79 Å². The van der Waals surface area contributed by atoms with E-state index in [2.05, 4.69) is 16.0 Å².